The summed E-state index contributed by atoms with van der Waals surface area (Å²) in [4.78, 5) is 41.0. The maximum Gasteiger partial charge on any atom is 0.305 e. The lowest BCUT2D eigenvalue weighted by atomic mass is 10.2. The lowest BCUT2D eigenvalue weighted by molar-refractivity contribution is -0.136. The number of carboxylic acids is 1. The second kappa shape index (κ2) is 9.43. The number of nitrogens with two attached hydrogens (primary N) is 2. The Morgan fingerprint density at radius 2 is 1.83 bits per heavy atom. The maximum atomic E-state index is 12.0. The molecule has 0 aliphatic rings. The highest BCUT2D eigenvalue weighted by Crippen LogP contribution is 2.18. The summed E-state index contributed by atoms with van der Waals surface area (Å²) in [6.07, 6.45) is 1.47. The summed E-state index contributed by atoms with van der Waals surface area (Å²) >= 11 is 0. The fourth-order valence-corrected chi connectivity index (χ4v) is 2.65. The molecule has 1 amide bonds. The fraction of sp³-hybridized carbons (Fsp3) is 0.222. The number of amides is 1. The molecule has 3 aromatic rings. The van der Waals surface area contributed by atoms with Crippen molar-refractivity contribution in [3.8, 4) is 0 Å². The number of carboxylic acid groups (broad SMARTS) is 1. The van der Waals surface area contributed by atoms with Gasteiger partial charge in [0.05, 0.1) is 24.9 Å². The van der Waals surface area contributed by atoms with Crippen LogP contribution in [0.3, 0.4) is 0 Å². The number of fused-ring (bicyclic) bond motifs is 1. The van der Waals surface area contributed by atoms with E-state index in [0.29, 0.717) is 29.0 Å². The number of rotatable bonds is 7. The number of benzene rings is 1. The van der Waals surface area contributed by atoms with E-state index in [1.54, 1.807) is 30.5 Å². The zero-order valence-corrected chi connectivity index (χ0v) is 16.2. The zero-order valence-electron chi connectivity index (χ0n) is 16.2. The first-order valence-electron chi connectivity index (χ1n) is 8.69. The number of aliphatic carboxylic acids is 1. The van der Waals surface area contributed by atoms with Crippen LogP contribution >= 0.6 is 0 Å². The first-order chi connectivity index (χ1) is 13.8. The highest BCUT2D eigenvalue weighted by Gasteiger charge is 2.11. The first-order valence-corrected chi connectivity index (χ1v) is 8.69. The van der Waals surface area contributed by atoms with Crippen molar-refractivity contribution in [2.75, 3.05) is 30.0 Å². The molecule has 2 aromatic heterocycles. The largest absolute Gasteiger partial charge is 0.481 e. The lowest BCUT2D eigenvalue weighted by Crippen LogP contribution is -2.26. The summed E-state index contributed by atoms with van der Waals surface area (Å²) in [5, 5.41) is 11.2. The quantitative estimate of drug-likeness (QED) is 0.393. The van der Waals surface area contributed by atoms with Gasteiger partial charge < -0.3 is 32.3 Å². The summed E-state index contributed by atoms with van der Waals surface area (Å²) in [7, 11) is 1.87. The summed E-state index contributed by atoms with van der Waals surface area (Å²) in [6.45, 7) is 0.520. The molecule has 0 spiro atoms. The van der Waals surface area contributed by atoms with Gasteiger partial charge in [0.15, 0.2) is 17.0 Å². The normalized spacial score (nSPS) is 10.3. The number of nitrogens with zero attached hydrogens (tertiary/aromatic N) is 5. The van der Waals surface area contributed by atoms with Gasteiger partial charge in [0.25, 0.3) is 5.91 Å². The minimum Gasteiger partial charge on any atom is -0.481 e. The van der Waals surface area contributed by atoms with Crippen molar-refractivity contribution in [1.82, 2.24) is 25.3 Å². The van der Waals surface area contributed by atoms with Crippen LogP contribution in [0.5, 0.6) is 0 Å². The number of carbonyl (C=O) groups excluding carboxylic acids is 1. The number of hydrogen-bond donors (Lipinski definition) is 4. The average molecular weight is 414 g/mol. The van der Waals surface area contributed by atoms with Gasteiger partial charge in [-0.25, -0.2) is 9.97 Å². The molecule has 0 saturated heterocycles. The summed E-state index contributed by atoms with van der Waals surface area (Å²) in [6, 6.07) is 6.92. The third-order valence-electron chi connectivity index (χ3n) is 4.10. The molecule has 0 radical (unpaired) electrons. The van der Waals surface area contributed by atoms with Crippen LogP contribution in [0.15, 0.2) is 30.5 Å². The topological polar surface area (TPSA) is 205 Å². The van der Waals surface area contributed by atoms with Gasteiger partial charge in [-0.2, -0.15) is 9.97 Å². The van der Waals surface area contributed by atoms with Crippen LogP contribution in [-0.2, 0) is 11.3 Å². The van der Waals surface area contributed by atoms with Gasteiger partial charge >= 0.3 is 5.97 Å². The molecule has 2 heterocycles. The monoisotopic (exact) mass is 414 g/mol. The highest BCUT2D eigenvalue weighted by atomic mass is 16.4. The molecule has 12 nitrogen and oxygen atoms in total. The Morgan fingerprint density at radius 1 is 1.13 bits per heavy atom. The van der Waals surface area contributed by atoms with E-state index in [9.17, 15) is 9.59 Å². The number of nitrogens with one attached hydrogen (secondary N) is 1. The van der Waals surface area contributed by atoms with E-state index < -0.39 is 5.97 Å². The van der Waals surface area contributed by atoms with Crippen LogP contribution in [0.25, 0.3) is 11.2 Å². The molecule has 30 heavy (non-hydrogen) atoms. The molecule has 0 unspecified atom stereocenters. The van der Waals surface area contributed by atoms with Crippen LogP contribution in [0.1, 0.15) is 22.5 Å². The second-order valence-corrected chi connectivity index (χ2v) is 6.30. The molecule has 0 fully saturated rings. The maximum absolute atomic E-state index is 12.0. The van der Waals surface area contributed by atoms with Gasteiger partial charge in [-0.05, 0) is 24.3 Å². The summed E-state index contributed by atoms with van der Waals surface area (Å²) in [5.41, 5.74) is 14.1. The van der Waals surface area contributed by atoms with Gasteiger partial charge in [0.2, 0.25) is 5.95 Å². The van der Waals surface area contributed by atoms with Crippen molar-refractivity contribution in [1.29, 1.82) is 0 Å². The predicted molar refractivity (Wildman–Crippen MR) is 111 cm³/mol. The Labute approximate surface area is 171 Å². The van der Waals surface area contributed by atoms with Gasteiger partial charge in [-0.1, -0.05) is 0 Å². The molecule has 0 aliphatic heterocycles. The van der Waals surface area contributed by atoms with E-state index in [4.69, 9.17) is 16.6 Å². The van der Waals surface area contributed by atoms with Gasteiger partial charge in [0, 0.05) is 24.8 Å². The number of aromatic nitrogens is 4. The van der Waals surface area contributed by atoms with Crippen molar-refractivity contribution in [2.24, 2.45) is 0 Å². The Bertz CT molecular complexity index is 1060. The van der Waals surface area contributed by atoms with Crippen LogP contribution in [0.2, 0.25) is 0 Å². The van der Waals surface area contributed by atoms with Crippen molar-refractivity contribution >= 4 is 40.5 Å². The molecule has 8 N–H and O–H groups in total. The van der Waals surface area contributed by atoms with E-state index in [1.165, 1.54) is 0 Å². The highest BCUT2D eigenvalue weighted by molar-refractivity contribution is 5.94. The lowest BCUT2D eigenvalue weighted by Gasteiger charge is -2.19. The molecule has 0 bridgehead atoms. The van der Waals surface area contributed by atoms with Crippen LogP contribution in [-0.4, -0.2) is 56.0 Å². The number of carbonyl (C=O) groups is 2. The average Bonchev–Trinajstić information content (AvgIpc) is 2.68. The Morgan fingerprint density at radius 3 is 2.50 bits per heavy atom. The standard InChI is InChI=1S/C18H20N8O3.H2O/c1-26(9-11-8-22-16-14(23-11)15(19)24-18(20)25-16)12-4-2-10(3-5-12)17(29)21-7-6-13(27)28;/h2-5,8H,6-7,9H2,1H3,(H,21,29)(H,27,28)(H4,19,20,22,24,25);1H2. The molecule has 1 aromatic carbocycles. The first kappa shape index (κ1) is 22.2. The third kappa shape index (κ3) is 5.26. The van der Waals surface area contributed by atoms with Crippen molar-refractivity contribution in [3.05, 3.63) is 41.7 Å². The predicted octanol–water partition coefficient (Wildman–Crippen LogP) is -0.400. The number of nitrogen functional groups attached to an aromatic ring is 2. The van der Waals surface area contributed by atoms with Gasteiger partial charge in [0.1, 0.15) is 0 Å². The van der Waals surface area contributed by atoms with Crippen LogP contribution in [0.4, 0.5) is 17.5 Å². The molecule has 0 aliphatic carbocycles. The third-order valence-corrected chi connectivity index (χ3v) is 4.10. The van der Waals surface area contributed by atoms with Crippen LogP contribution in [0, 0.1) is 0 Å². The molecular weight excluding hydrogens is 392 g/mol. The van der Waals surface area contributed by atoms with Crippen LogP contribution < -0.4 is 21.7 Å². The van der Waals surface area contributed by atoms with E-state index in [2.05, 4.69) is 25.3 Å². The number of hydrogen-bond acceptors (Lipinski definition) is 9. The van der Waals surface area contributed by atoms with E-state index in [0.717, 1.165) is 5.69 Å². The molecule has 3 rings (SSSR count). The van der Waals surface area contributed by atoms with Crippen molar-refractivity contribution < 1.29 is 20.2 Å². The van der Waals surface area contributed by atoms with Crippen molar-refractivity contribution in [2.45, 2.75) is 13.0 Å². The van der Waals surface area contributed by atoms with E-state index >= 15 is 0 Å². The van der Waals surface area contributed by atoms with Gasteiger partial charge in [-0.3, -0.25) is 9.59 Å². The minimum atomic E-state index is -0.962. The molecule has 0 saturated carbocycles. The fourth-order valence-electron chi connectivity index (χ4n) is 2.65. The van der Waals surface area contributed by atoms with E-state index in [1.807, 2.05) is 11.9 Å². The summed E-state index contributed by atoms with van der Waals surface area (Å²) in [5.74, 6) is -1.07. The SMILES string of the molecule is CN(Cc1cnc2nc(N)nc(N)c2n1)c1ccc(C(=O)NCCC(=O)O)cc1.O. The Hall–Kier alpha value is -4.06. The second-order valence-electron chi connectivity index (χ2n) is 6.30. The van der Waals surface area contributed by atoms with Crippen molar-refractivity contribution in [3.63, 3.8) is 0 Å². The Balaban J connectivity index is 0.00000320. The molecular formula is C18H22N8O4. The zero-order chi connectivity index (χ0) is 21.0. The molecule has 0 atom stereocenters. The van der Waals surface area contributed by atoms with Gasteiger partial charge in [-0.15, -0.1) is 0 Å². The summed E-state index contributed by atoms with van der Waals surface area (Å²) < 4.78 is 0. The smallest absolute Gasteiger partial charge is 0.305 e. The minimum absolute atomic E-state index is 0. The molecule has 12 heteroatoms. The van der Waals surface area contributed by atoms with E-state index in [-0.39, 0.29) is 36.1 Å². The number of anilines is 3. The molecule has 158 valence electrons. The Kier molecular flexibility index (Phi) is 6.99.